The zero-order valence-electron chi connectivity index (χ0n) is 8.73. The lowest BCUT2D eigenvalue weighted by Gasteiger charge is -2.07. The van der Waals surface area contributed by atoms with Gasteiger partial charge in [0.05, 0.1) is 0 Å². The van der Waals surface area contributed by atoms with Crippen LogP contribution < -0.4 is 10.6 Å². The summed E-state index contributed by atoms with van der Waals surface area (Å²) < 4.78 is 1.15. The van der Waals surface area contributed by atoms with Gasteiger partial charge in [-0.2, -0.15) is 0 Å². The maximum absolute atomic E-state index is 3.46. The molecule has 3 heteroatoms. The van der Waals surface area contributed by atoms with Gasteiger partial charge in [0, 0.05) is 24.1 Å². The van der Waals surface area contributed by atoms with Crippen molar-refractivity contribution in [1.82, 2.24) is 10.6 Å². The van der Waals surface area contributed by atoms with Crippen molar-refractivity contribution >= 4 is 15.9 Å². The number of rotatable bonds is 5. The number of benzene rings is 1. The number of likely N-dealkylation sites (N-methyl/N-ethyl adjacent to an activating group) is 1. The zero-order valence-corrected chi connectivity index (χ0v) is 10.3. The van der Waals surface area contributed by atoms with E-state index in [1.807, 2.05) is 7.05 Å². The van der Waals surface area contributed by atoms with E-state index in [-0.39, 0.29) is 0 Å². The maximum atomic E-state index is 3.46. The molecular weight excluding hydrogens is 240 g/mol. The summed E-state index contributed by atoms with van der Waals surface area (Å²) in [5, 5.41) is 6.49. The smallest absolute Gasteiger partial charge is 0.0208 e. The van der Waals surface area contributed by atoms with Gasteiger partial charge in [-0.25, -0.2) is 0 Å². The maximum Gasteiger partial charge on any atom is 0.0208 e. The average Bonchev–Trinajstić information content (AvgIpc) is 2.15. The summed E-state index contributed by atoms with van der Waals surface area (Å²) in [5.41, 5.74) is 2.70. The van der Waals surface area contributed by atoms with E-state index in [1.165, 1.54) is 11.1 Å². The molecule has 0 aliphatic rings. The molecule has 1 aromatic carbocycles. The Morgan fingerprint density at radius 3 is 2.71 bits per heavy atom. The monoisotopic (exact) mass is 256 g/mol. The number of hydrogen-bond donors (Lipinski definition) is 2. The topological polar surface area (TPSA) is 24.1 Å². The third-order valence-electron chi connectivity index (χ3n) is 2.17. The molecule has 0 bridgehead atoms. The Labute approximate surface area is 94.2 Å². The van der Waals surface area contributed by atoms with E-state index in [9.17, 15) is 0 Å². The summed E-state index contributed by atoms with van der Waals surface area (Å²) in [6, 6.07) is 6.39. The quantitative estimate of drug-likeness (QED) is 0.789. The molecule has 0 fully saturated rings. The molecule has 2 N–H and O–H groups in total. The molecule has 0 saturated heterocycles. The molecule has 78 valence electrons. The lowest BCUT2D eigenvalue weighted by atomic mass is 10.1. The highest BCUT2D eigenvalue weighted by Gasteiger charge is 1.97. The van der Waals surface area contributed by atoms with Gasteiger partial charge in [-0.15, -0.1) is 0 Å². The summed E-state index contributed by atoms with van der Waals surface area (Å²) in [5.74, 6) is 0. The summed E-state index contributed by atoms with van der Waals surface area (Å²) in [6.07, 6.45) is 0. The van der Waals surface area contributed by atoms with Gasteiger partial charge in [-0.3, -0.25) is 0 Å². The summed E-state index contributed by atoms with van der Waals surface area (Å²) >= 11 is 3.46. The molecule has 0 atom stereocenters. The first kappa shape index (κ1) is 11.7. The molecular formula is C11H17BrN2. The second-order valence-electron chi connectivity index (χ2n) is 3.35. The van der Waals surface area contributed by atoms with Crippen LogP contribution in [-0.4, -0.2) is 20.1 Å². The second-order valence-corrected chi connectivity index (χ2v) is 4.27. The van der Waals surface area contributed by atoms with E-state index >= 15 is 0 Å². The van der Waals surface area contributed by atoms with Crippen LogP contribution in [0.2, 0.25) is 0 Å². The van der Waals surface area contributed by atoms with Crippen LogP contribution in [0.15, 0.2) is 22.7 Å². The summed E-state index contributed by atoms with van der Waals surface area (Å²) in [4.78, 5) is 0. The Morgan fingerprint density at radius 1 is 1.29 bits per heavy atom. The van der Waals surface area contributed by atoms with Crippen molar-refractivity contribution < 1.29 is 0 Å². The van der Waals surface area contributed by atoms with Crippen molar-refractivity contribution in [2.24, 2.45) is 0 Å². The van der Waals surface area contributed by atoms with Crippen molar-refractivity contribution in [3.05, 3.63) is 33.8 Å². The van der Waals surface area contributed by atoms with Gasteiger partial charge in [-0.05, 0) is 37.2 Å². The molecule has 0 unspecified atom stereocenters. The lowest BCUT2D eigenvalue weighted by Crippen LogP contribution is -2.24. The normalized spacial score (nSPS) is 10.5. The lowest BCUT2D eigenvalue weighted by molar-refractivity contribution is 0.649. The van der Waals surface area contributed by atoms with Gasteiger partial charge in [0.25, 0.3) is 0 Å². The SMILES string of the molecule is CNCCNCc1ccc(Br)cc1C. The van der Waals surface area contributed by atoms with Crippen LogP contribution in [0.5, 0.6) is 0 Å². The third kappa shape index (κ3) is 3.78. The fourth-order valence-electron chi connectivity index (χ4n) is 1.29. The molecule has 0 radical (unpaired) electrons. The van der Waals surface area contributed by atoms with Gasteiger partial charge >= 0.3 is 0 Å². The summed E-state index contributed by atoms with van der Waals surface area (Å²) in [6.45, 7) is 5.10. The van der Waals surface area contributed by atoms with Crippen LogP contribution in [0.3, 0.4) is 0 Å². The fraction of sp³-hybridized carbons (Fsp3) is 0.455. The third-order valence-corrected chi connectivity index (χ3v) is 2.67. The molecule has 0 aromatic heterocycles. The van der Waals surface area contributed by atoms with Gasteiger partial charge in [-0.1, -0.05) is 22.0 Å². The van der Waals surface area contributed by atoms with Crippen LogP contribution in [0.25, 0.3) is 0 Å². The first-order valence-electron chi connectivity index (χ1n) is 4.84. The summed E-state index contributed by atoms with van der Waals surface area (Å²) in [7, 11) is 1.96. The Morgan fingerprint density at radius 2 is 2.07 bits per heavy atom. The van der Waals surface area contributed by atoms with E-state index in [0.29, 0.717) is 0 Å². The highest BCUT2D eigenvalue weighted by Crippen LogP contribution is 2.15. The minimum Gasteiger partial charge on any atom is -0.318 e. The van der Waals surface area contributed by atoms with Gasteiger partial charge in [0.1, 0.15) is 0 Å². The number of halogens is 1. The van der Waals surface area contributed by atoms with Crippen LogP contribution in [0.4, 0.5) is 0 Å². The zero-order chi connectivity index (χ0) is 10.4. The average molecular weight is 257 g/mol. The highest BCUT2D eigenvalue weighted by molar-refractivity contribution is 9.10. The Balaban J connectivity index is 2.42. The van der Waals surface area contributed by atoms with E-state index in [0.717, 1.165) is 24.1 Å². The number of hydrogen-bond acceptors (Lipinski definition) is 2. The Hall–Kier alpha value is -0.380. The van der Waals surface area contributed by atoms with Crippen molar-refractivity contribution in [2.45, 2.75) is 13.5 Å². The van der Waals surface area contributed by atoms with E-state index in [2.05, 4.69) is 51.7 Å². The standard InChI is InChI=1S/C11H17BrN2/c1-9-7-11(12)4-3-10(9)8-14-6-5-13-2/h3-4,7,13-14H,5-6,8H2,1-2H3. The number of aryl methyl sites for hydroxylation is 1. The second kappa shape index (κ2) is 6.17. The first-order chi connectivity index (χ1) is 6.74. The molecule has 0 saturated carbocycles. The molecule has 2 nitrogen and oxygen atoms in total. The fourth-order valence-corrected chi connectivity index (χ4v) is 1.77. The Bertz CT molecular complexity index is 287. The molecule has 14 heavy (non-hydrogen) atoms. The van der Waals surface area contributed by atoms with Crippen molar-refractivity contribution in [2.75, 3.05) is 20.1 Å². The van der Waals surface area contributed by atoms with Gasteiger partial charge in [0.15, 0.2) is 0 Å². The number of nitrogens with one attached hydrogen (secondary N) is 2. The minimum absolute atomic E-state index is 0.945. The van der Waals surface area contributed by atoms with Crippen LogP contribution in [0, 0.1) is 6.92 Å². The largest absolute Gasteiger partial charge is 0.318 e. The van der Waals surface area contributed by atoms with E-state index in [4.69, 9.17) is 0 Å². The van der Waals surface area contributed by atoms with Gasteiger partial charge in [0.2, 0.25) is 0 Å². The predicted octanol–water partition coefficient (Wildman–Crippen LogP) is 2.07. The van der Waals surface area contributed by atoms with Crippen LogP contribution in [0.1, 0.15) is 11.1 Å². The molecule has 0 amide bonds. The molecule has 1 aromatic rings. The van der Waals surface area contributed by atoms with Gasteiger partial charge < -0.3 is 10.6 Å². The molecule has 0 aliphatic carbocycles. The van der Waals surface area contributed by atoms with Crippen LogP contribution >= 0.6 is 15.9 Å². The predicted molar refractivity (Wildman–Crippen MR) is 64.5 cm³/mol. The Kier molecular flexibility index (Phi) is 5.15. The minimum atomic E-state index is 0.945. The first-order valence-corrected chi connectivity index (χ1v) is 5.63. The van der Waals surface area contributed by atoms with Crippen molar-refractivity contribution in [3.8, 4) is 0 Å². The van der Waals surface area contributed by atoms with E-state index in [1.54, 1.807) is 0 Å². The van der Waals surface area contributed by atoms with Crippen molar-refractivity contribution in [3.63, 3.8) is 0 Å². The molecule has 0 spiro atoms. The highest BCUT2D eigenvalue weighted by atomic mass is 79.9. The molecule has 0 heterocycles. The van der Waals surface area contributed by atoms with Crippen molar-refractivity contribution in [1.29, 1.82) is 0 Å². The molecule has 0 aliphatic heterocycles. The molecule has 1 rings (SSSR count). The van der Waals surface area contributed by atoms with Crippen LogP contribution in [-0.2, 0) is 6.54 Å². The van der Waals surface area contributed by atoms with E-state index < -0.39 is 0 Å².